The highest BCUT2D eigenvalue weighted by Gasteiger charge is 2.32. The number of allylic oxidation sites excluding steroid dienone is 2. The molecular weight excluding hydrogens is 398 g/mol. The minimum Gasteiger partial charge on any atom is -0.457 e. The van der Waals surface area contributed by atoms with Gasteiger partial charge in [0.15, 0.2) is 0 Å². The van der Waals surface area contributed by atoms with Crippen LogP contribution in [-0.4, -0.2) is 4.98 Å². The lowest BCUT2D eigenvalue weighted by molar-refractivity contribution is 0.472. The predicted octanol–water partition coefficient (Wildman–Crippen LogP) is 6.87. The highest BCUT2D eigenvalue weighted by molar-refractivity contribution is 6.35. The molecule has 28 heavy (non-hydrogen) atoms. The van der Waals surface area contributed by atoms with Crippen LogP contribution in [0.1, 0.15) is 5.56 Å². The fourth-order valence-electron chi connectivity index (χ4n) is 3.10. The summed E-state index contributed by atoms with van der Waals surface area (Å²) in [6.07, 6.45) is 9.61. The van der Waals surface area contributed by atoms with Crippen molar-refractivity contribution in [1.82, 2.24) is 9.47 Å². The van der Waals surface area contributed by atoms with Gasteiger partial charge in [0.25, 0.3) is 5.82 Å². The molecule has 0 unspecified atom stereocenters. The Labute approximate surface area is 172 Å². The highest BCUT2D eigenvalue weighted by atomic mass is 35.5. The van der Waals surface area contributed by atoms with Crippen LogP contribution < -0.4 is 9.22 Å². The standard InChI is InChI=1S/C22H16Cl2FN2O/c23-17-13-21(24)22(26-14-17)27(11-1-2-12-27)15-16-3-7-19(8-4-16)28-20-9-5-18(25)6-10-20/h1-14H,15H2/q+1. The van der Waals surface area contributed by atoms with Crippen molar-refractivity contribution in [3.63, 3.8) is 0 Å². The molecule has 0 radical (unpaired) electrons. The molecule has 0 amide bonds. The molecule has 2 aromatic carbocycles. The fourth-order valence-corrected chi connectivity index (χ4v) is 3.63. The van der Waals surface area contributed by atoms with Crippen LogP contribution in [0.2, 0.25) is 10.0 Å². The Morgan fingerprint density at radius 2 is 1.50 bits per heavy atom. The first-order valence-electron chi connectivity index (χ1n) is 8.63. The maximum absolute atomic E-state index is 13.0. The topological polar surface area (TPSA) is 22.1 Å². The number of benzene rings is 2. The third-order valence-corrected chi connectivity index (χ3v) is 4.90. The van der Waals surface area contributed by atoms with Crippen LogP contribution in [0.3, 0.4) is 0 Å². The van der Waals surface area contributed by atoms with Gasteiger partial charge in [-0.2, -0.15) is 0 Å². The summed E-state index contributed by atoms with van der Waals surface area (Å²) in [4.78, 5) is 4.46. The second-order valence-electron chi connectivity index (χ2n) is 6.43. The van der Waals surface area contributed by atoms with Gasteiger partial charge in [-0.1, -0.05) is 23.2 Å². The van der Waals surface area contributed by atoms with E-state index in [2.05, 4.69) is 4.98 Å². The molecule has 1 aliphatic heterocycles. The zero-order valence-corrected chi connectivity index (χ0v) is 16.2. The molecule has 0 atom stereocenters. The van der Waals surface area contributed by atoms with Crippen LogP contribution in [-0.2, 0) is 6.54 Å². The number of pyridine rings is 1. The summed E-state index contributed by atoms with van der Waals surface area (Å²) in [7, 11) is 0. The number of aromatic nitrogens is 1. The maximum Gasteiger partial charge on any atom is 0.256 e. The lowest BCUT2D eigenvalue weighted by atomic mass is 10.2. The van der Waals surface area contributed by atoms with E-state index in [1.165, 1.54) is 12.1 Å². The van der Waals surface area contributed by atoms with Crippen LogP contribution in [0.5, 0.6) is 11.5 Å². The van der Waals surface area contributed by atoms with Crippen molar-refractivity contribution in [3.05, 3.63) is 107 Å². The molecule has 0 bridgehead atoms. The van der Waals surface area contributed by atoms with Gasteiger partial charge in [0.05, 0.1) is 11.2 Å². The third kappa shape index (κ3) is 3.94. The molecule has 2 heterocycles. The summed E-state index contributed by atoms with van der Waals surface area (Å²) in [6.45, 7) is 0.637. The van der Waals surface area contributed by atoms with Crippen LogP contribution in [0, 0.1) is 5.82 Å². The summed E-state index contributed by atoms with van der Waals surface area (Å²) < 4.78 is 19.1. The molecule has 0 spiro atoms. The normalized spacial score (nSPS) is 14.4. The molecular formula is C22H16Cl2FN2O+. The fraction of sp³-hybridized carbons (Fsp3) is 0.0455. The van der Waals surface area contributed by atoms with Crippen molar-refractivity contribution in [2.24, 2.45) is 0 Å². The average molecular weight is 414 g/mol. The number of quaternary nitrogens is 1. The quantitative estimate of drug-likeness (QED) is 0.425. The molecule has 0 saturated carbocycles. The number of rotatable bonds is 5. The van der Waals surface area contributed by atoms with Crippen LogP contribution in [0.15, 0.2) is 85.3 Å². The van der Waals surface area contributed by atoms with Gasteiger partial charge in [0.1, 0.15) is 41.3 Å². The minimum absolute atomic E-state index is 0.294. The van der Waals surface area contributed by atoms with E-state index in [1.807, 2.05) is 48.8 Å². The Bertz CT molecular complexity index is 1040. The molecule has 1 aromatic heterocycles. The third-order valence-electron chi connectivity index (χ3n) is 4.41. The van der Waals surface area contributed by atoms with Crippen molar-refractivity contribution in [2.75, 3.05) is 0 Å². The number of nitrogens with zero attached hydrogens (tertiary/aromatic N) is 2. The van der Waals surface area contributed by atoms with Gasteiger partial charge in [0.2, 0.25) is 0 Å². The largest absolute Gasteiger partial charge is 0.457 e. The first kappa shape index (κ1) is 18.7. The number of hydrogen-bond acceptors (Lipinski definition) is 2. The predicted molar refractivity (Wildman–Crippen MR) is 111 cm³/mol. The van der Waals surface area contributed by atoms with E-state index in [0.29, 0.717) is 38.4 Å². The van der Waals surface area contributed by atoms with Gasteiger partial charge in [-0.25, -0.2) is 13.9 Å². The molecule has 1 aliphatic rings. The van der Waals surface area contributed by atoms with Crippen molar-refractivity contribution in [2.45, 2.75) is 6.54 Å². The Kier molecular flexibility index (Phi) is 5.18. The SMILES string of the molecule is Fc1ccc(Oc2ccc(C[N+]3(c4ncc(Cl)cc4Cl)C=CC=C3)cc2)cc1. The molecule has 6 heteroatoms. The van der Waals surface area contributed by atoms with Gasteiger partial charge < -0.3 is 4.74 Å². The molecule has 3 nitrogen and oxygen atoms in total. The smallest absolute Gasteiger partial charge is 0.256 e. The minimum atomic E-state index is -0.294. The Hall–Kier alpha value is -2.66. The maximum atomic E-state index is 13.0. The molecule has 4 rings (SSSR count). The van der Waals surface area contributed by atoms with E-state index in [9.17, 15) is 4.39 Å². The lowest BCUT2D eigenvalue weighted by Gasteiger charge is -2.28. The molecule has 0 fully saturated rings. The summed E-state index contributed by atoms with van der Waals surface area (Å²) in [6, 6.07) is 15.4. The number of hydrogen-bond donors (Lipinski definition) is 0. The van der Waals surface area contributed by atoms with E-state index in [-0.39, 0.29) is 5.82 Å². The van der Waals surface area contributed by atoms with Gasteiger partial charge >= 0.3 is 0 Å². The van der Waals surface area contributed by atoms with Crippen molar-refractivity contribution in [3.8, 4) is 11.5 Å². The molecule has 3 aromatic rings. The molecule has 0 N–H and O–H groups in total. The number of ether oxygens (including phenoxy) is 1. The Balaban J connectivity index is 1.56. The zero-order valence-electron chi connectivity index (χ0n) is 14.7. The molecule has 140 valence electrons. The second-order valence-corrected chi connectivity index (χ2v) is 7.27. The summed E-state index contributed by atoms with van der Waals surface area (Å²) in [5.41, 5.74) is 1.08. The van der Waals surface area contributed by atoms with E-state index in [1.54, 1.807) is 24.4 Å². The van der Waals surface area contributed by atoms with Gasteiger partial charge in [-0.3, -0.25) is 0 Å². The first-order valence-corrected chi connectivity index (χ1v) is 9.38. The van der Waals surface area contributed by atoms with Crippen LogP contribution in [0.4, 0.5) is 10.2 Å². The van der Waals surface area contributed by atoms with E-state index in [0.717, 1.165) is 5.56 Å². The summed E-state index contributed by atoms with van der Waals surface area (Å²) >= 11 is 12.4. The van der Waals surface area contributed by atoms with E-state index >= 15 is 0 Å². The molecule has 0 aliphatic carbocycles. The van der Waals surface area contributed by atoms with Gasteiger partial charge in [-0.05, 0) is 66.7 Å². The van der Waals surface area contributed by atoms with Crippen molar-refractivity contribution >= 4 is 29.0 Å². The monoisotopic (exact) mass is 413 g/mol. The van der Waals surface area contributed by atoms with E-state index in [4.69, 9.17) is 27.9 Å². The summed E-state index contributed by atoms with van der Waals surface area (Å²) in [5.74, 6) is 1.68. The van der Waals surface area contributed by atoms with Crippen molar-refractivity contribution in [1.29, 1.82) is 0 Å². The van der Waals surface area contributed by atoms with Gasteiger partial charge in [-0.15, -0.1) is 0 Å². The average Bonchev–Trinajstić information content (AvgIpc) is 3.14. The number of halogens is 3. The lowest BCUT2D eigenvalue weighted by Crippen LogP contribution is -2.36. The summed E-state index contributed by atoms with van der Waals surface area (Å²) in [5, 5.41) is 1.02. The highest BCUT2D eigenvalue weighted by Crippen LogP contribution is 2.36. The first-order chi connectivity index (χ1) is 13.5. The molecule has 0 saturated heterocycles. The van der Waals surface area contributed by atoms with Crippen LogP contribution >= 0.6 is 23.2 Å². The van der Waals surface area contributed by atoms with Crippen LogP contribution in [0.25, 0.3) is 0 Å². The Morgan fingerprint density at radius 3 is 2.11 bits per heavy atom. The van der Waals surface area contributed by atoms with Gasteiger partial charge in [0, 0.05) is 5.56 Å². The zero-order chi connectivity index (χ0) is 19.6. The van der Waals surface area contributed by atoms with E-state index < -0.39 is 0 Å². The second kappa shape index (κ2) is 7.76. The Morgan fingerprint density at radius 1 is 0.893 bits per heavy atom. The van der Waals surface area contributed by atoms with Crippen molar-refractivity contribution < 1.29 is 9.13 Å².